The fourth-order valence-corrected chi connectivity index (χ4v) is 3.27. The number of rotatable bonds is 4. The van der Waals surface area contributed by atoms with Gasteiger partial charge in [0.05, 0.1) is 0 Å². The van der Waals surface area contributed by atoms with Crippen molar-refractivity contribution in [3.05, 3.63) is 0 Å². The van der Waals surface area contributed by atoms with E-state index in [0.29, 0.717) is 0 Å². The first-order chi connectivity index (χ1) is 8.23. The normalized spacial score (nSPS) is 30.4. The van der Waals surface area contributed by atoms with Crippen LogP contribution in [0.5, 0.6) is 0 Å². The number of piperidine rings is 1. The van der Waals surface area contributed by atoms with Gasteiger partial charge in [-0.25, -0.2) is 0 Å². The Kier molecular flexibility index (Phi) is 4.83. The first kappa shape index (κ1) is 13.3. The second-order valence-electron chi connectivity index (χ2n) is 5.88. The van der Waals surface area contributed by atoms with Gasteiger partial charge in [-0.3, -0.25) is 4.90 Å². The molecule has 0 spiro atoms. The van der Waals surface area contributed by atoms with Gasteiger partial charge >= 0.3 is 0 Å². The number of hydrogen-bond donors (Lipinski definition) is 1. The summed E-state index contributed by atoms with van der Waals surface area (Å²) >= 11 is 0. The molecule has 1 unspecified atom stereocenters. The fraction of sp³-hybridized carbons (Fsp3) is 1.00. The molecule has 3 nitrogen and oxygen atoms in total. The lowest BCUT2D eigenvalue weighted by molar-refractivity contribution is 0.0226. The molecule has 0 aromatic carbocycles. The average Bonchev–Trinajstić information content (AvgIpc) is 2.32. The van der Waals surface area contributed by atoms with E-state index in [4.69, 9.17) is 10.5 Å². The third kappa shape index (κ3) is 3.67. The van der Waals surface area contributed by atoms with Gasteiger partial charge in [0.2, 0.25) is 0 Å². The van der Waals surface area contributed by atoms with Crippen LogP contribution in [0.15, 0.2) is 0 Å². The van der Waals surface area contributed by atoms with Gasteiger partial charge in [-0.1, -0.05) is 19.8 Å². The molecule has 0 aromatic heterocycles. The quantitative estimate of drug-likeness (QED) is 0.818. The van der Waals surface area contributed by atoms with Crippen molar-refractivity contribution in [3.8, 4) is 0 Å². The van der Waals surface area contributed by atoms with Crippen LogP contribution in [0.25, 0.3) is 0 Å². The topological polar surface area (TPSA) is 38.5 Å². The van der Waals surface area contributed by atoms with Crippen LogP contribution in [-0.4, -0.2) is 42.8 Å². The Hall–Kier alpha value is -0.120. The highest BCUT2D eigenvalue weighted by Crippen LogP contribution is 2.26. The van der Waals surface area contributed by atoms with Crippen LogP contribution in [0.4, 0.5) is 0 Å². The summed E-state index contributed by atoms with van der Waals surface area (Å²) in [5.41, 5.74) is 6.54. The van der Waals surface area contributed by atoms with E-state index in [9.17, 15) is 0 Å². The van der Waals surface area contributed by atoms with E-state index in [1.165, 1.54) is 38.6 Å². The Labute approximate surface area is 106 Å². The molecule has 2 saturated heterocycles. The van der Waals surface area contributed by atoms with Crippen LogP contribution in [0.2, 0.25) is 0 Å². The van der Waals surface area contributed by atoms with Gasteiger partial charge < -0.3 is 10.5 Å². The van der Waals surface area contributed by atoms with Crippen LogP contribution in [0.3, 0.4) is 0 Å². The highest BCUT2D eigenvalue weighted by molar-refractivity contribution is 4.92. The van der Waals surface area contributed by atoms with Gasteiger partial charge in [-0.05, 0) is 38.6 Å². The van der Waals surface area contributed by atoms with E-state index in [1.54, 1.807) is 0 Å². The monoisotopic (exact) mass is 240 g/mol. The molecule has 2 aliphatic heterocycles. The summed E-state index contributed by atoms with van der Waals surface area (Å²) < 4.78 is 5.43. The summed E-state index contributed by atoms with van der Waals surface area (Å²) in [5, 5.41) is 0. The van der Waals surface area contributed by atoms with Crippen molar-refractivity contribution in [2.45, 2.75) is 63.5 Å². The fourth-order valence-electron chi connectivity index (χ4n) is 3.27. The smallest absolute Gasteiger partial charge is 0.0484 e. The molecule has 0 bridgehead atoms. The standard InChI is InChI=1S/C14H28N2O/c1-2-5-13-6-3-4-9-16(13)12-14(15)7-10-17-11-8-14/h13H,2-12,15H2,1H3. The minimum atomic E-state index is 0.0155. The SMILES string of the molecule is CCCC1CCCCN1CC1(N)CCOCC1. The lowest BCUT2D eigenvalue weighted by atomic mass is 9.88. The molecule has 3 heteroatoms. The molecule has 0 saturated carbocycles. The average molecular weight is 240 g/mol. The molecule has 1 atom stereocenters. The molecular formula is C14H28N2O. The van der Waals surface area contributed by atoms with Crippen molar-refractivity contribution in [2.24, 2.45) is 5.73 Å². The van der Waals surface area contributed by atoms with E-state index in [2.05, 4.69) is 11.8 Å². The van der Waals surface area contributed by atoms with E-state index < -0.39 is 0 Å². The molecule has 0 amide bonds. The molecule has 2 aliphatic rings. The summed E-state index contributed by atoms with van der Waals surface area (Å²) in [7, 11) is 0. The first-order valence-corrected chi connectivity index (χ1v) is 7.34. The summed E-state index contributed by atoms with van der Waals surface area (Å²) in [5.74, 6) is 0. The molecule has 0 radical (unpaired) electrons. The Morgan fingerprint density at radius 2 is 2.06 bits per heavy atom. The van der Waals surface area contributed by atoms with Crippen LogP contribution in [-0.2, 0) is 4.74 Å². The number of likely N-dealkylation sites (tertiary alicyclic amines) is 1. The van der Waals surface area contributed by atoms with Crippen molar-refractivity contribution in [1.29, 1.82) is 0 Å². The number of hydrogen-bond acceptors (Lipinski definition) is 3. The number of ether oxygens (including phenoxy) is 1. The minimum Gasteiger partial charge on any atom is -0.381 e. The predicted octanol–water partition coefficient (Wildman–Crippen LogP) is 2.15. The largest absolute Gasteiger partial charge is 0.381 e. The van der Waals surface area contributed by atoms with E-state index in [-0.39, 0.29) is 5.54 Å². The third-order valence-corrected chi connectivity index (χ3v) is 4.38. The highest BCUT2D eigenvalue weighted by atomic mass is 16.5. The van der Waals surface area contributed by atoms with E-state index in [1.807, 2.05) is 0 Å². The van der Waals surface area contributed by atoms with Crippen molar-refractivity contribution >= 4 is 0 Å². The van der Waals surface area contributed by atoms with Crippen LogP contribution < -0.4 is 5.73 Å². The zero-order valence-corrected chi connectivity index (χ0v) is 11.3. The summed E-state index contributed by atoms with van der Waals surface area (Å²) in [6, 6.07) is 0.789. The molecule has 2 rings (SSSR count). The lowest BCUT2D eigenvalue weighted by Crippen LogP contribution is -2.56. The molecule has 0 aliphatic carbocycles. The molecule has 2 heterocycles. The van der Waals surface area contributed by atoms with E-state index >= 15 is 0 Å². The Bertz CT molecular complexity index is 224. The van der Waals surface area contributed by atoms with Gasteiger partial charge in [0.15, 0.2) is 0 Å². The second-order valence-corrected chi connectivity index (χ2v) is 5.88. The summed E-state index contributed by atoms with van der Waals surface area (Å²) in [6.45, 7) is 6.33. The van der Waals surface area contributed by atoms with Gasteiger partial charge in [-0.2, -0.15) is 0 Å². The highest BCUT2D eigenvalue weighted by Gasteiger charge is 2.33. The second kappa shape index (κ2) is 6.17. The number of nitrogens with zero attached hydrogens (tertiary/aromatic N) is 1. The molecule has 100 valence electrons. The van der Waals surface area contributed by atoms with Crippen molar-refractivity contribution in [1.82, 2.24) is 4.90 Å². The molecule has 2 fully saturated rings. The molecular weight excluding hydrogens is 212 g/mol. The maximum Gasteiger partial charge on any atom is 0.0484 e. The molecule has 0 aromatic rings. The van der Waals surface area contributed by atoms with Crippen LogP contribution in [0.1, 0.15) is 51.9 Å². The zero-order valence-electron chi connectivity index (χ0n) is 11.3. The maximum atomic E-state index is 6.53. The molecule has 2 N–H and O–H groups in total. The van der Waals surface area contributed by atoms with Crippen molar-refractivity contribution in [2.75, 3.05) is 26.3 Å². The molecule has 17 heavy (non-hydrogen) atoms. The van der Waals surface area contributed by atoms with Gasteiger partial charge in [0.25, 0.3) is 0 Å². The number of nitrogens with two attached hydrogens (primary N) is 1. The summed E-state index contributed by atoms with van der Waals surface area (Å²) in [6.07, 6.45) is 8.83. The Morgan fingerprint density at radius 1 is 1.29 bits per heavy atom. The Morgan fingerprint density at radius 3 is 2.76 bits per heavy atom. The minimum absolute atomic E-state index is 0.0155. The lowest BCUT2D eigenvalue weighted by Gasteiger charge is -2.43. The van der Waals surface area contributed by atoms with Gasteiger partial charge in [0, 0.05) is 31.3 Å². The van der Waals surface area contributed by atoms with Crippen molar-refractivity contribution < 1.29 is 4.74 Å². The van der Waals surface area contributed by atoms with Gasteiger partial charge in [-0.15, -0.1) is 0 Å². The van der Waals surface area contributed by atoms with Crippen LogP contribution >= 0.6 is 0 Å². The van der Waals surface area contributed by atoms with E-state index in [0.717, 1.165) is 38.6 Å². The van der Waals surface area contributed by atoms with Crippen LogP contribution in [0, 0.1) is 0 Å². The Balaban J connectivity index is 1.90. The zero-order chi connectivity index (χ0) is 12.1. The van der Waals surface area contributed by atoms with Crippen molar-refractivity contribution in [3.63, 3.8) is 0 Å². The van der Waals surface area contributed by atoms with Gasteiger partial charge in [0.1, 0.15) is 0 Å². The summed E-state index contributed by atoms with van der Waals surface area (Å²) in [4.78, 5) is 2.66. The predicted molar refractivity (Wildman–Crippen MR) is 71.1 cm³/mol. The maximum absolute atomic E-state index is 6.53. The first-order valence-electron chi connectivity index (χ1n) is 7.34. The third-order valence-electron chi connectivity index (χ3n) is 4.38.